The molecular weight excluding hydrogens is 266 g/mol. The van der Waals surface area contributed by atoms with Gasteiger partial charge in [0.25, 0.3) is 0 Å². The summed E-state index contributed by atoms with van der Waals surface area (Å²) >= 11 is 0. The van der Waals surface area contributed by atoms with E-state index in [1.165, 1.54) is 5.56 Å². The van der Waals surface area contributed by atoms with Crippen LogP contribution in [0.3, 0.4) is 0 Å². The molecule has 0 amide bonds. The van der Waals surface area contributed by atoms with E-state index in [1.54, 1.807) is 7.11 Å². The zero-order chi connectivity index (χ0) is 15.8. The lowest BCUT2D eigenvalue weighted by Crippen LogP contribution is -2.37. The molecule has 2 rings (SSSR count). The Kier molecular flexibility index (Phi) is 7.72. The number of aryl methyl sites for hydroxylation is 1. The van der Waals surface area contributed by atoms with Crippen LogP contribution in [0.15, 0.2) is 24.3 Å². The molecule has 2 N–H and O–H groups in total. The largest absolute Gasteiger partial charge is 0.497 e. The van der Waals surface area contributed by atoms with E-state index in [4.69, 9.17) is 4.74 Å². The number of hydrogen-bond donors (Lipinski definition) is 2. The smallest absolute Gasteiger partial charge is 0.119 e. The highest BCUT2D eigenvalue weighted by Crippen LogP contribution is 2.24. The van der Waals surface area contributed by atoms with Gasteiger partial charge >= 0.3 is 0 Å². The van der Waals surface area contributed by atoms with E-state index < -0.39 is 0 Å². The van der Waals surface area contributed by atoms with Crippen LogP contribution in [-0.4, -0.2) is 55.1 Å². The molecule has 0 heterocycles. The topological polar surface area (TPSA) is 52.9 Å². The zero-order valence-corrected chi connectivity index (χ0v) is 13.6. The third-order valence-electron chi connectivity index (χ3n) is 3.75. The second-order valence-corrected chi connectivity index (χ2v) is 6.08. The first-order valence-electron chi connectivity index (χ1n) is 7.54. The van der Waals surface area contributed by atoms with Crippen molar-refractivity contribution >= 4 is 0 Å². The number of ether oxygens (including phenoxy) is 1. The van der Waals surface area contributed by atoms with Crippen molar-refractivity contribution in [2.24, 2.45) is 5.92 Å². The number of rotatable bonds is 3. The lowest BCUT2D eigenvalue weighted by atomic mass is 9.84. The number of aliphatic hydroxyl groups excluding tert-OH is 2. The minimum atomic E-state index is -0.309. The minimum Gasteiger partial charge on any atom is -0.497 e. The first-order chi connectivity index (χ1) is 9.92. The SMILES string of the molecule is CN(C)C[C@@H]1CC[C@H](O)C[C@@H]1O.COc1cccc(C)c1. The summed E-state index contributed by atoms with van der Waals surface area (Å²) in [5.74, 6) is 1.28. The van der Waals surface area contributed by atoms with Gasteiger partial charge in [-0.15, -0.1) is 0 Å². The van der Waals surface area contributed by atoms with Gasteiger partial charge in [0.1, 0.15) is 5.75 Å². The predicted octanol–water partition coefficient (Wildman–Crippen LogP) is 2.07. The lowest BCUT2D eigenvalue weighted by Gasteiger charge is -2.32. The van der Waals surface area contributed by atoms with Crippen molar-refractivity contribution in [1.82, 2.24) is 4.90 Å². The Morgan fingerprint density at radius 1 is 1.24 bits per heavy atom. The summed E-state index contributed by atoms with van der Waals surface area (Å²) in [6.45, 7) is 2.97. The van der Waals surface area contributed by atoms with Crippen molar-refractivity contribution in [3.8, 4) is 5.75 Å². The maximum absolute atomic E-state index is 9.60. The Bertz CT molecular complexity index is 409. The summed E-state index contributed by atoms with van der Waals surface area (Å²) in [7, 11) is 5.70. The molecule has 4 nitrogen and oxygen atoms in total. The van der Waals surface area contributed by atoms with Crippen molar-refractivity contribution in [3.63, 3.8) is 0 Å². The third kappa shape index (κ3) is 6.93. The van der Waals surface area contributed by atoms with Gasteiger partial charge in [-0.1, -0.05) is 12.1 Å². The standard InChI is InChI=1S/C9H19NO2.C8H10O/c1-10(2)6-7-3-4-8(11)5-9(7)12;1-7-4-3-5-8(6-7)9-2/h7-9,11-12H,3-6H2,1-2H3;3-6H,1-2H3/t7-,8-,9-;/m0./s1. The van der Waals surface area contributed by atoms with Crippen molar-refractivity contribution < 1.29 is 14.9 Å². The van der Waals surface area contributed by atoms with Crippen LogP contribution in [-0.2, 0) is 0 Å². The van der Waals surface area contributed by atoms with Gasteiger partial charge in [0.2, 0.25) is 0 Å². The fraction of sp³-hybridized carbons (Fsp3) is 0.647. The molecule has 0 saturated heterocycles. The molecule has 0 bridgehead atoms. The van der Waals surface area contributed by atoms with E-state index in [2.05, 4.69) is 4.90 Å². The Labute approximate surface area is 128 Å². The van der Waals surface area contributed by atoms with Gasteiger partial charge in [0.15, 0.2) is 0 Å². The fourth-order valence-electron chi connectivity index (χ4n) is 2.61. The van der Waals surface area contributed by atoms with E-state index in [9.17, 15) is 10.2 Å². The zero-order valence-electron chi connectivity index (χ0n) is 13.6. The van der Waals surface area contributed by atoms with E-state index in [0.717, 1.165) is 25.1 Å². The molecule has 1 fully saturated rings. The fourth-order valence-corrected chi connectivity index (χ4v) is 2.61. The average molecular weight is 295 g/mol. The molecule has 0 aliphatic heterocycles. The Hall–Kier alpha value is -1.10. The van der Waals surface area contributed by atoms with Crippen LogP contribution in [0.25, 0.3) is 0 Å². The molecule has 0 aromatic heterocycles. The van der Waals surface area contributed by atoms with Crippen molar-refractivity contribution in [1.29, 1.82) is 0 Å². The van der Waals surface area contributed by atoms with Crippen LogP contribution in [0.2, 0.25) is 0 Å². The van der Waals surface area contributed by atoms with Crippen LogP contribution in [0, 0.1) is 12.8 Å². The molecule has 4 heteroatoms. The Balaban J connectivity index is 0.000000219. The van der Waals surface area contributed by atoms with Gasteiger partial charge in [-0.2, -0.15) is 0 Å². The molecule has 1 aromatic rings. The summed E-state index contributed by atoms with van der Waals surface area (Å²) in [4.78, 5) is 2.09. The predicted molar refractivity (Wildman–Crippen MR) is 85.6 cm³/mol. The monoisotopic (exact) mass is 295 g/mol. The van der Waals surface area contributed by atoms with E-state index in [-0.39, 0.29) is 12.2 Å². The highest BCUT2D eigenvalue weighted by atomic mass is 16.5. The Morgan fingerprint density at radius 3 is 2.43 bits per heavy atom. The number of nitrogens with zero attached hydrogens (tertiary/aromatic N) is 1. The molecule has 1 aliphatic carbocycles. The van der Waals surface area contributed by atoms with E-state index in [1.807, 2.05) is 45.3 Å². The van der Waals surface area contributed by atoms with Crippen LogP contribution in [0.4, 0.5) is 0 Å². The van der Waals surface area contributed by atoms with Crippen LogP contribution >= 0.6 is 0 Å². The molecule has 1 saturated carbocycles. The number of hydrogen-bond acceptors (Lipinski definition) is 4. The average Bonchev–Trinajstić information content (AvgIpc) is 2.42. The Morgan fingerprint density at radius 2 is 1.95 bits per heavy atom. The summed E-state index contributed by atoms with van der Waals surface area (Å²) in [6.07, 6.45) is 1.75. The lowest BCUT2D eigenvalue weighted by molar-refractivity contribution is -0.00631. The molecular formula is C17H29NO3. The molecule has 1 aromatic carbocycles. The van der Waals surface area contributed by atoms with Gasteiger partial charge < -0.3 is 19.8 Å². The van der Waals surface area contributed by atoms with Gasteiger partial charge in [0.05, 0.1) is 19.3 Å². The first kappa shape index (κ1) is 18.0. The van der Waals surface area contributed by atoms with Gasteiger partial charge in [-0.25, -0.2) is 0 Å². The minimum absolute atomic E-state index is 0.279. The third-order valence-corrected chi connectivity index (χ3v) is 3.75. The van der Waals surface area contributed by atoms with Crippen LogP contribution in [0.1, 0.15) is 24.8 Å². The molecule has 0 radical (unpaired) electrons. The second kappa shape index (κ2) is 9.03. The highest BCUT2D eigenvalue weighted by Gasteiger charge is 2.27. The molecule has 3 atom stereocenters. The van der Waals surface area contributed by atoms with Crippen molar-refractivity contribution in [3.05, 3.63) is 29.8 Å². The normalized spacial score (nSPS) is 25.2. The van der Waals surface area contributed by atoms with Crippen molar-refractivity contribution in [2.75, 3.05) is 27.7 Å². The summed E-state index contributed by atoms with van der Waals surface area (Å²) < 4.78 is 5.00. The number of benzene rings is 1. The van der Waals surface area contributed by atoms with Crippen LogP contribution < -0.4 is 4.74 Å². The summed E-state index contributed by atoms with van der Waals surface area (Å²) in [6, 6.07) is 7.96. The van der Waals surface area contributed by atoms with Crippen LogP contribution in [0.5, 0.6) is 5.75 Å². The van der Waals surface area contributed by atoms with E-state index in [0.29, 0.717) is 12.3 Å². The maximum atomic E-state index is 9.60. The summed E-state index contributed by atoms with van der Waals surface area (Å²) in [5, 5.41) is 18.9. The quantitative estimate of drug-likeness (QED) is 0.896. The summed E-state index contributed by atoms with van der Waals surface area (Å²) in [5.41, 5.74) is 1.23. The number of methoxy groups -OCH3 is 1. The molecule has 0 spiro atoms. The number of aliphatic hydroxyl groups is 2. The molecule has 21 heavy (non-hydrogen) atoms. The van der Waals surface area contributed by atoms with Gasteiger partial charge in [0, 0.05) is 6.54 Å². The highest BCUT2D eigenvalue weighted by molar-refractivity contribution is 5.27. The van der Waals surface area contributed by atoms with Gasteiger partial charge in [-0.05, 0) is 63.9 Å². The maximum Gasteiger partial charge on any atom is 0.119 e. The second-order valence-electron chi connectivity index (χ2n) is 6.08. The molecule has 120 valence electrons. The van der Waals surface area contributed by atoms with Gasteiger partial charge in [-0.3, -0.25) is 0 Å². The van der Waals surface area contributed by atoms with E-state index >= 15 is 0 Å². The van der Waals surface area contributed by atoms with Crippen molar-refractivity contribution in [2.45, 2.75) is 38.4 Å². The molecule has 1 aliphatic rings. The first-order valence-corrected chi connectivity index (χ1v) is 7.54. The molecule has 0 unspecified atom stereocenters.